The van der Waals surface area contributed by atoms with Crippen molar-refractivity contribution in [1.82, 2.24) is 14.7 Å². The Kier molecular flexibility index (Phi) is 6.62. The second-order valence-corrected chi connectivity index (χ2v) is 6.42. The summed E-state index contributed by atoms with van der Waals surface area (Å²) in [6.07, 6.45) is -0.0565. The molecule has 24 heavy (non-hydrogen) atoms. The number of aromatic nitrogens is 2. The molecule has 8 heteroatoms. The molecule has 1 fully saturated rings. The summed E-state index contributed by atoms with van der Waals surface area (Å²) in [6, 6.07) is -0.176. The zero-order chi connectivity index (χ0) is 17.9. The minimum atomic E-state index is -0.208. The van der Waals surface area contributed by atoms with Crippen LogP contribution in [0.1, 0.15) is 17.8 Å². The van der Waals surface area contributed by atoms with Crippen molar-refractivity contribution in [2.24, 2.45) is 0 Å². The van der Waals surface area contributed by atoms with Gasteiger partial charge in [0.2, 0.25) is 5.91 Å². The van der Waals surface area contributed by atoms with Gasteiger partial charge in [-0.25, -0.2) is 0 Å². The first-order valence-electron chi connectivity index (χ1n) is 7.99. The van der Waals surface area contributed by atoms with Crippen LogP contribution >= 0.6 is 11.6 Å². The van der Waals surface area contributed by atoms with Gasteiger partial charge >= 0.3 is 0 Å². The Balaban J connectivity index is 1.99. The molecule has 1 saturated heterocycles. The van der Waals surface area contributed by atoms with Gasteiger partial charge in [-0.3, -0.25) is 9.48 Å². The quantitative estimate of drug-likeness (QED) is 0.768. The molecule has 0 spiro atoms. The van der Waals surface area contributed by atoms with E-state index >= 15 is 0 Å². The molecule has 0 aliphatic carbocycles. The molecule has 0 saturated carbocycles. The van der Waals surface area contributed by atoms with E-state index in [1.165, 1.54) is 0 Å². The first-order chi connectivity index (χ1) is 11.4. The van der Waals surface area contributed by atoms with E-state index < -0.39 is 0 Å². The Hall–Kier alpha value is -1.15. The fourth-order valence-electron chi connectivity index (χ4n) is 3.04. The number of rotatable bonds is 6. The summed E-state index contributed by atoms with van der Waals surface area (Å²) < 4.78 is 18.3. The molecule has 0 unspecified atom stereocenters. The fraction of sp³-hybridized carbons (Fsp3) is 0.750. The first-order valence-corrected chi connectivity index (χ1v) is 8.37. The smallest absolute Gasteiger partial charge is 0.224 e. The van der Waals surface area contributed by atoms with Gasteiger partial charge in [0, 0.05) is 27.7 Å². The molecule has 3 atom stereocenters. The maximum atomic E-state index is 12.6. The van der Waals surface area contributed by atoms with Crippen LogP contribution in [0.5, 0.6) is 0 Å². The Bertz CT molecular complexity index is 578. The molecular weight excluding hydrogens is 334 g/mol. The Morgan fingerprint density at radius 1 is 1.38 bits per heavy atom. The lowest BCUT2D eigenvalue weighted by Gasteiger charge is -2.40. The number of halogens is 1. The number of aryl methyl sites for hydroxylation is 2. The van der Waals surface area contributed by atoms with E-state index in [9.17, 15) is 4.79 Å². The zero-order valence-electron chi connectivity index (χ0n) is 14.9. The highest BCUT2D eigenvalue weighted by Gasteiger charge is 2.38. The number of ether oxygens (including phenoxy) is 3. The standard InChI is InChI=1S/C16H26ClN3O4/c1-10-15(17)11(2)20(18-10)7-6-14(21)19(3)12-8-24-9-13(22-4)16(12)23-5/h12-13,16H,6-9H2,1-5H3/t12-,13-,16+/m1/s1. The van der Waals surface area contributed by atoms with Gasteiger partial charge in [0.05, 0.1) is 42.2 Å². The molecule has 136 valence electrons. The average molecular weight is 360 g/mol. The molecule has 0 bridgehead atoms. The molecule has 7 nitrogen and oxygen atoms in total. The van der Waals surface area contributed by atoms with Crippen molar-refractivity contribution in [2.45, 2.75) is 45.1 Å². The molecule has 1 aliphatic rings. The minimum absolute atomic E-state index is 0.00563. The monoisotopic (exact) mass is 359 g/mol. The molecule has 2 heterocycles. The van der Waals surface area contributed by atoms with E-state index in [1.54, 1.807) is 30.8 Å². The molecule has 2 rings (SSSR count). The molecule has 0 N–H and O–H groups in total. The molecular formula is C16H26ClN3O4. The fourth-order valence-corrected chi connectivity index (χ4v) is 3.18. The number of nitrogens with zero attached hydrogens (tertiary/aromatic N) is 3. The summed E-state index contributed by atoms with van der Waals surface area (Å²) in [5.41, 5.74) is 1.65. The Morgan fingerprint density at radius 2 is 2.08 bits per heavy atom. The summed E-state index contributed by atoms with van der Waals surface area (Å²) in [5, 5.41) is 5.01. The number of methoxy groups -OCH3 is 2. The molecule has 1 aromatic rings. The van der Waals surface area contributed by atoms with Gasteiger partial charge in [0.1, 0.15) is 12.2 Å². The van der Waals surface area contributed by atoms with Crippen LogP contribution in [0.4, 0.5) is 0 Å². The van der Waals surface area contributed by atoms with E-state index in [2.05, 4.69) is 5.10 Å². The summed E-state index contributed by atoms with van der Waals surface area (Å²) in [5.74, 6) is 0.00563. The van der Waals surface area contributed by atoms with Gasteiger partial charge in [-0.15, -0.1) is 0 Å². The lowest BCUT2D eigenvalue weighted by atomic mass is 10.0. The maximum Gasteiger partial charge on any atom is 0.224 e. The van der Waals surface area contributed by atoms with Crippen LogP contribution in [0.3, 0.4) is 0 Å². The molecule has 0 radical (unpaired) electrons. The van der Waals surface area contributed by atoms with Crippen LogP contribution in [0.15, 0.2) is 0 Å². The van der Waals surface area contributed by atoms with Crippen molar-refractivity contribution in [3.05, 3.63) is 16.4 Å². The number of amides is 1. The summed E-state index contributed by atoms with van der Waals surface area (Å²) >= 11 is 6.14. The predicted octanol–water partition coefficient (Wildman–Crippen LogP) is 1.43. The van der Waals surface area contributed by atoms with Crippen molar-refractivity contribution < 1.29 is 19.0 Å². The lowest BCUT2D eigenvalue weighted by Crippen LogP contribution is -2.57. The van der Waals surface area contributed by atoms with Crippen LogP contribution in [0.2, 0.25) is 5.02 Å². The van der Waals surface area contributed by atoms with E-state index in [-0.39, 0.29) is 24.2 Å². The predicted molar refractivity (Wildman–Crippen MR) is 90.3 cm³/mol. The van der Waals surface area contributed by atoms with Gasteiger partial charge in [-0.1, -0.05) is 11.6 Å². The van der Waals surface area contributed by atoms with Crippen molar-refractivity contribution in [1.29, 1.82) is 0 Å². The topological polar surface area (TPSA) is 65.8 Å². The van der Waals surface area contributed by atoms with Crippen LogP contribution in [0, 0.1) is 13.8 Å². The lowest BCUT2D eigenvalue weighted by molar-refractivity contribution is -0.164. The Labute approximate surface area is 147 Å². The van der Waals surface area contributed by atoms with Crippen molar-refractivity contribution >= 4 is 17.5 Å². The summed E-state index contributed by atoms with van der Waals surface area (Å²) in [4.78, 5) is 14.3. The molecule has 1 aliphatic heterocycles. The highest BCUT2D eigenvalue weighted by atomic mass is 35.5. The first kappa shape index (κ1) is 19.2. The van der Waals surface area contributed by atoms with Crippen LogP contribution in [-0.4, -0.2) is 73.3 Å². The molecule has 1 amide bonds. The highest BCUT2D eigenvalue weighted by molar-refractivity contribution is 6.31. The second-order valence-electron chi connectivity index (χ2n) is 6.04. The number of hydrogen-bond acceptors (Lipinski definition) is 5. The largest absolute Gasteiger partial charge is 0.376 e. The van der Waals surface area contributed by atoms with Crippen molar-refractivity contribution in [3.63, 3.8) is 0 Å². The SMILES string of the molecule is CO[C@H]1[C@H](N(C)C(=O)CCn2nc(C)c(Cl)c2C)COC[C@H]1OC. The van der Waals surface area contributed by atoms with Crippen LogP contribution < -0.4 is 0 Å². The van der Waals surface area contributed by atoms with E-state index in [0.717, 1.165) is 11.4 Å². The molecule has 1 aromatic heterocycles. The van der Waals surface area contributed by atoms with Crippen molar-refractivity contribution in [3.8, 4) is 0 Å². The average Bonchev–Trinajstić information content (AvgIpc) is 2.84. The van der Waals surface area contributed by atoms with Gasteiger partial charge in [0.25, 0.3) is 0 Å². The Morgan fingerprint density at radius 3 is 2.62 bits per heavy atom. The van der Waals surface area contributed by atoms with Gasteiger partial charge < -0.3 is 19.1 Å². The normalized spacial score (nSPS) is 24.2. The molecule has 0 aromatic carbocycles. The van der Waals surface area contributed by atoms with Crippen LogP contribution in [-0.2, 0) is 25.5 Å². The van der Waals surface area contributed by atoms with Crippen LogP contribution in [0.25, 0.3) is 0 Å². The van der Waals surface area contributed by atoms with E-state index in [1.807, 2.05) is 13.8 Å². The third kappa shape index (κ3) is 3.91. The third-order valence-corrected chi connectivity index (χ3v) is 5.16. The van der Waals surface area contributed by atoms with Gasteiger partial charge in [0.15, 0.2) is 0 Å². The number of likely N-dealkylation sites (N-methyl/N-ethyl adjacent to an activating group) is 1. The van der Waals surface area contributed by atoms with Gasteiger partial charge in [-0.2, -0.15) is 5.10 Å². The summed E-state index contributed by atoms with van der Waals surface area (Å²) in [6.45, 7) is 5.15. The minimum Gasteiger partial charge on any atom is -0.376 e. The summed E-state index contributed by atoms with van der Waals surface area (Å²) in [7, 11) is 5.02. The number of hydrogen-bond donors (Lipinski definition) is 0. The zero-order valence-corrected chi connectivity index (χ0v) is 15.7. The number of carbonyl (C=O) groups excluding carboxylic acids is 1. The number of carbonyl (C=O) groups is 1. The van der Waals surface area contributed by atoms with Crippen molar-refractivity contribution in [2.75, 3.05) is 34.5 Å². The highest BCUT2D eigenvalue weighted by Crippen LogP contribution is 2.21. The van der Waals surface area contributed by atoms with Gasteiger partial charge in [-0.05, 0) is 13.8 Å². The van der Waals surface area contributed by atoms with E-state index in [4.69, 9.17) is 25.8 Å². The van der Waals surface area contributed by atoms with E-state index in [0.29, 0.717) is 31.2 Å². The maximum absolute atomic E-state index is 12.6. The third-order valence-electron chi connectivity index (χ3n) is 4.61. The second kappa shape index (κ2) is 8.29.